The molecule has 0 bridgehead atoms. The number of fused-ring (bicyclic) bond motifs is 1. The SMILES string of the molecule is CC(C)CC(NC(=O)c1cc2ccccc2o1)C(=O)N[C@@H]1C(=O)CN(S(=O)(=O)c2ccccn2)CC[C@@H]1C. The quantitative estimate of drug-likeness (QED) is 0.448. The maximum absolute atomic E-state index is 13.3. The number of hydrogen-bond donors (Lipinski definition) is 2. The fourth-order valence-corrected chi connectivity index (χ4v) is 5.87. The lowest BCUT2D eigenvalue weighted by molar-refractivity contribution is -0.129. The van der Waals surface area contributed by atoms with Gasteiger partial charge in [0.25, 0.3) is 15.9 Å². The number of ketones is 1. The molecule has 0 saturated carbocycles. The van der Waals surface area contributed by atoms with E-state index in [1.165, 1.54) is 12.3 Å². The van der Waals surface area contributed by atoms with Gasteiger partial charge in [0, 0.05) is 18.1 Å². The summed E-state index contributed by atoms with van der Waals surface area (Å²) in [5.41, 5.74) is 0.561. The predicted molar refractivity (Wildman–Crippen MR) is 141 cm³/mol. The molecule has 2 amide bonds. The Morgan fingerprint density at radius 3 is 2.58 bits per heavy atom. The number of aromatic nitrogens is 1. The molecule has 38 heavy (non-hydrogen) atoms. The maximum atomic E-state index is 13.3. The number of rotatable bonds is 8. The van der Waals surface area contributed by atoms with Gasteiger partial charge in [-0.15, -0.1) is 0 Å². The van der Waals surface area contributed by atoms with Crippen LogP contribution in [0.15, 0.2) is 64.2 Å². The summed E-state index contributed by atoms with van der Waals surface area (Å²) < 4.78 is 32.8. The second-order valence-electron chi connectivity index (χ2n) is 10.0. The summed E-state index contributed by atoms with van der Waals surface area (Å²) in [5, 5.41) is 6.17. The number of benzene rings is 1. The van der Waals surface area contributed by atoms with Crippen molar-refractivity contribution in [3.8, 4) is 0 Å². The molecular formula is C27H32N4O6S. The number of Topliss-reactive ketones (excluding diaryl/α,β-unsaturated/α-hetero) is 1. The van der Waals surface area contributed by atoms with E-state index >= 15 is 0 Å². The van der Waals surface area contributed by atoms with E-state index in [0.717, 1.165) is 9.69 Å². The first kappa shape index (κ1) is 27.5. The highest BCUT2D eigenvalue weighted by Gasteiger charge is 2.38. The van der Waals surface area contributed by atoms with Gasteiger partial charge in [-0.3, -0.25) is 14.4 Å². The highest BCUT2D eigenvalue weighted by atomic mass is 32.2. The van der Waals surface area contributed by atoms with E-state index in [4.69, 9.17) is 4.42 Å². The van der Waals surface area contributed by atoms with Crippen molar-refractivity contribution in [3.63, 3.8) is 0 Å². The highest BCUT2D eigenvalue weighted by molar-refractivity contribution is 7.89. The van der Waals surface area contributed by atoms with Crippen LogP contribution < -0.4 is 10.6 Å². The number of para-hydroxylation sites is 1. The normalized spacial score (nSPS) is 19.7. The van der Waals surface area contributed by atoms with Crippen LogP contribution in [-0.4, -0.2) is 60.5 Å². The van der Waals surface area contributed by atoms with E-state index in [9.17, 15) is 22.8 Å². The van der Waals surface area contributed by atoms with E-state index in [1.54, 1.807) is 37.3 Å². The van der Waals surface area contributed by atoms with Crippen LogP contribution in [-0.2, 0) is 19.6 Å². The molecule has 10 nitrogen and oxygen atoms in total. The molecule has 3 aromatic rings. The highest BCUT2D eigenvalue weighted by Crippen LogP contribution is 2.22. The number of sulfonamides is 1. The van der Waals surface area contributed by atoms with E-state index in [-0.39, 0.29) is 35.7 Å². The summed E-state index contributed by atoms with van der Waals surface area (Å²) in [5.74, 6) is -1.62. The third-order valence-corrected chi connectivity index (χ3v) is 8.36. The first-order valence-corrected chi connectivity index (χ1v) is 14.0. The van der Waals surface area contributed by atoms with Crippen LogP contribution in [0.25, 0.3) is 11.0 Å². The molecule has 2 N–H and O–H groups in total. The number of amides is 2. The van der Waals surface area contributed by atoms with Crippen molar-refractivity contribution in [1.82, 2.24) is 19.9 Å². The summed E-state index contributed by atoms with van der Waals surface area (Å²) in [4.78, 5) is 43.4. The zero-order valence-electron chi connectivity index (χ0n) is 21.6. The summed E-state index contributed by atoms with van der Waals surface area (Å²) in [6, 6.07) is 11.6. The molecule has 1 aliphatic heterocycles. The molecule has 0 radical (unpaired) electrons. The van der Waals surface area contributed by atoms with Crippen molar-refractivity contribution in [3.05, 3.63) is 60.5 Å². The molecule has 1 aromatic carbocycles. The maximum Gasteiger partial charge on any atom is 0.287 e. The molecular weight excluding hydrogens is 508 g/mol. The van der Waals surface area contributed by atoms with Gasteiger partial charge >= 0.3 is 0 Å². The fraction of sp³-hybridized carbons (Fsp3) is 0.407. The van der Waals surface area contributed by atoms with Gasteiger partial charge in [0.2, 0.25) is 5.91 Å². The first-order chi connectivity index (χ1) is 18.1. The van der Waals surface area contributed by atoms with E-state index in [2.05, 4.69) is 15.6 Å². The van der Waals surface area contributed by atoms with E-state index in [0.29, 0.717) is 18.4 Å². The average Bonchev–Trinajstić information content (AvgIpc) is 3.27. The molecule has 1 fully saturated rings. The van der Waals surface area contributed by atoms with E-state index in [1.807, 2.05) is 26.0 Å². The standard InChI is InChI=1S/C27H32N4O6S/c1-17(2)14-20(29-27(34)23-15-19-8-4-5-9-22(19)37-23)26(33)30-25-18(3)11-13-31(16-21(25)32)38(35,36)24-10-6-7-12-28-24/h4-10,12,15,17-18,20,25H,11,13-14,16H2,1-3H3,(H,29,34)(H,30,33)/t18-,20?,25-/m0/s1. The van der Waals surface area contributed by atoms with Gasteiger partial charge in [-0.05, 0) is 48.9 Å². The van der Waals surface area contributed by atoms with Gasteiger partial charge in [-0.1, -0.05) is 45.0 Å². The van der Waals surface area contributed by atoms with Crippen LogP contribution in [0.2, 0.25) is 0 Å². The molecule has 1 unspecified atom stereocenters. The monoisotopic (exact) mass is 540 g/mol. The topological polar surface area (TPSA) is 139 Å². The lowest BCUT2D eigenvalue weighted by atomic mass is 9.95. The van der Waals surface area contributed by atoms with Crippen LogP contribution in [0, 0.1) is 11.8 Å². The third kappa shape index (κ3) is 6.11. The van der Waals surface area contributed by atoms with Gasteiger partial charge in [0.05, 0.1) is 12.6 Å². The molecule has 0 aliphatic carbocycles. The van der Waals surface area contributed by atoms with Crippen LogP contribution in [0.1, 0.15) is 44.2 Å². The van der Waals surface area contributed by atoms with Gasteiger partial charge in [-0.25, -0.2) is 13.4 Å². The Bertz CT molecular complexity index is 1390. The lowest BCUT2D eigenvalue weighted by Gasteiger charge is -2.25. The minimum absolute atomic E-state index is 0.0722. The second kappa shape index (κ2) is 11.4. The zero-order chi connectivity index (χ0) is 27.4. The summed E-state index contributed by atoms with van der Waals surface area (Å²) in [7, 11) is -3.96. The minimum atomic E-state index is -3.96. The molecule has 4 rings (SSSR count). The Kier molecular flexibility index (Phi) is 8.27. The number of furan rings is 1. The summed E-state index contributed by atoms with van der Waals surface area (Å²) in [6.45, 7) is 5.38. The molecule has 1 aliphatic rings. The molecule has 3 heterocycles. The molecule has 1 saturated heterocycles. The number of carbonyl (C=O) groups is 3. The van der Waals surface area contributed by atoms with Crippen LogP contribution >= 0.6 is 0 Å². The Hall–Kier alpha value is -3.57. The third-order valence-electron chi connectivity index (χ3n) is 6.60. The van der Waals surface area contributed by atoms with Crippen molar-refractivity contribution in [1.29, 1.82) is 0 Å². The predicted octanol–water partition coefficient (Wildman–Crippen LogP) is 2.76. The second-order valence-corrected chi connectivity index (χ2v) is 11.9. The Balaban J connectivity index is 1.48. The van der Waals surface area contributed by atoms with Crippen molar-refractivity contribution in [2.45, 2.75) is 50.7 Å². The molecule has 11 heteroatoms. The van der Waals surface area contributed by atoms with Gasteiger partial charge in [0.15, 0.2) is 16.6 Å². The van der Waals surface area contributed by atoms with Gasteiger partial charge in [-0.2, -0.15) is 4.31 Å². The molecule has 0 spiro atoms. The molecule has 2 aromatic heterocycles. The molecule has 202 valence electrons. The van der Waals surface area contributed by atoms with E-state index < -0.39 is 39.7 Å². The largest absolute Gasteiger partial charge is 0.451 e. The fourth-order valence-electron chi connectivity index (χ4n) is 4.52. The Morgan fingerprint density at radius 1 is 1.16 bits per heavy atom. The van der Waals surface area contributed by atoms with Crippen LogP contribution in [0.3, 0.4) is 0 Å². The molecule has 3 atom stereocenters. The number of hydrogen-bond acceptors (Lipinski definition) is 7. The van der Waals surface area contributed by atoms with Crippen LogP contribution in [0.4, 0.5) is 0 Å². The number of pyridine rings is 1. The average molecular weight is 541 g/mol. The van der Waals surface area contributed by atoms with Crippen molar-refractivity contribution in [2.24, 2.45) is 11.8 Å². The lowest BCUT2D eigenvalue weighted by Crippen LogP contribution is -2.54. The van der Waals surface area contributed by atoms with Crippen LogP contribution in [0.5, 0.6) is 0 Å². The number of nitrogens with zero attached hydrogens (tertiary/aromatic N) is 2. The number of carbonyl (C=O) groups excluding carboxylic acids is 3. The van der Waals surface area contributed by atoms with Crippen molar-refractivity contribution >= 4 is 38.6 Å². The minimum Gasteiger partial charge on any atom is -0.451 e. The smallest absolute Gasteiger partial charge is 0.287 e. The summed E-state index contributed by atoms with van der Waals surface area (Å²) >= 11 is 0. The van der Waals surface area contributed by atoms with Crippen molar-refractivity contribution in [2.75, 3.05) is 13.1 Å². The summed E-state index contributed by atoms with van der Waals surface area (Å²) in [6.07, 6.45) is 2.09. The van der Waals surface area contributed by atoms with Crippen molar-refractivity contribution < 1.29 is 27.2 Å². The van der Waals surface area contributed by atoms with Gasteiger partial charge < -0.3 is 15.1 Å². The number of nitrogens with one attached hydrogen (secondary N) is 2. The Morgan fingerprint density at radius 2 is 1.89 bits per heavy atom. The zero-order valence-corrected chi connectivity index (χ0v) is 22.4. The van der Waals surface area contributed by atoms with Gasteiger partial charge in [0.1, 0.15) is 11.6 Å². The Labute approximate surface area is 221 Å². The first-order valence-electron chi connectivity index (χ1n) is 12.6.